The van der Waals surface area contributed by atoms with Crippen molar-refractivity contribution >= 4 is 34.6 Å². The zero-order chi connectivity index (χ0) is 19.8. The van der Waals surface area contributed by atoms with Crippen molar-refractivity contribution in [3.05, 3.63) is 82.4 Å². The van der Waals surface area contributed by atoms with Crippen molar-refractivity contribution in [3.8, 4) is 0 Å². The summed E-state index contributed by atoms with van der Waals surface area (Å²) in [4.78, 5) is 6.80. The van der Waals surface area contributed by atoms with Crippen LogP contribution in [0.2, 0.25) is 5.02 Å². The Morgan fingerprint density at radius 1 is 1.14 bits per heavy atom. The predicted octanol–water partition coefficient (Wildman–Crippen LogP) is 5.35. The second kappa shape index (κ2) is 7.57. The lowest BCUT2D eigenvalue weighted by atomic mass is 9.96. The van der Waals surface area contributed by atoms with Crippen LogP contribution in [0.4, 0.5) is 5.69 Å². The summed E-state index contributed by atoms with van der Waals surface area (Å²) < 4.78 is 2.34. The number of benzene rings is 1. The fourth-order valence-corrected chi connectivity index (χ4v) is 4.64. The molecule has 0 spiro atoms. The molecule has 0 unspecified atom stereocenters. The molecule has 28 heavy (non-hydrogen) atoms. The minimum absolute atomic E-state index is 0.00933. The lowest BCUT2D eigenvalue weighted by Gasteiger charge is -2.28. The van der Waals surface area contributed by atoms with Crippen molar-refractivity contribution in [2.45, 2.75) is 39.4 Å². The van der Waals surface area contributed by atoms with Gasteiger partial charge < -0.3 is 14.8 Å². The number of hydrogen-bond donors (Lipinski definition) is 1. The molecule has 1 saturated heterocycles. The maximum atomic E-state index is 6.12. The van der Waals surface area contributed by atoms with Crippen LogP contribution >= 0.6 is 23.8 Å². The third kappa shape index (κ3) is 3.19. The van der Waals surface area contributed by atoms with E-state index in [1.54, 1.807) is 0 Å². The van der Waals surface area contributed by atoms with Gasteiger partial charge in [-0.2, -0.15) is 0 Å². The van der Waals surface area contributed by atoms with E-state index in [0.717, 1.165) is 17.9 Å². The molecule has 4 nitrogen and oxygen atoms in total. The molecule has 4 rings (SSSR count). The number of aryl methyl sites for hydroxylation is 1. The standard InChI is InChI=1S/C22H23ClN4S/c1-4-26-14(2)13-18(15(26)3)21-20(19-7-5-6-12-24-19)25-22(28)27(21)17-10-8-16(23)9-11-17/h5-13,20-21H,4H2,1-3H3,(H,25,28)/t20-,21+/m1/s1. The van der Waals surface area contributed by atoms with Gasteiger partial charge in [-0.05, 0) is 81.0 Å². The van der Waals surface area contributed by atoms with Gasteiger partial charge >= 0.3 is 0 Å². The van der Waals surface area contributed by atoms with Crippen molar-refractivity contribution < 1.29 is 0 Å². The van der Waals surface area contributed by atoms with Gasteiger partial charge in [0.2, 0.25) is 0 Å². The molecule has 6 heteroatoms. The fraction of sp³-hybridized carbons (Fsp3) is 0.273. The van der Waals surface area contributed by atoms with Gasteiger partial charge in [0.15, 0.2) is 5.11 Å². The van der Waals surface area contributed by atoms with E-state index in [2.05, 4.69) is 52.7 Å². The Kier molecular flexibility index (Phi) is 5.13. The zero-order valence-electron chi connectivity index (χ0n) is 16.2. The van der Waals surface area contributed by atoms with Crippen molar-refractivity contribution in [2.24, 2.45) is 0 Å². The monoisotopic (exact) mass is 410 g/mol. The van der Waals surface area contributed by atoms with Crippen LogP contribution in [0, 0.1) is 13.8 Å². The van der Waals surface area contributed by atoms with Crippen LogP contribution in [0.15, 0.2) is 54.7 Å². The van der Waals surface area contributed by atoms with Gasteiger partial charge in [0.25, 0.3) is 0 Å². The molecule has 0 radical (unpaired) electrons. The molecule has 2 aromatic heterocycles. The molecule has 3 heterocycles. The van der Waals surface area contributed by atoms with Gasteiger partial charge in [-0.3, -0.25) is 4.98 Å². The molecule has 2 atom stereocenters. The van der Waals surface area contributed by atoms with Crippen LogP contribution in [0.25, 0.3) is 0 Å². The van der Waals surface area contributed by atoms with Crippen LogP contribution in [0.1, 0.15) is 41.7 Å². The maximum Gasteiger partial charge on any atom is 0.174 e. The first-order valence-corrected chi connectivity index (χ1v) is 10.2. The number of rotatable bonds is 4. The van der Waals surface area contributed by atoms with Crippen LogP contribution < -0.4 is 10.2 Å². The second-order valence-corrected chi connectivity index (χ2v) is 7.87. The smallest absolute Gasteiger partial charge is 0.174 e. The predicted molar refractivity (Wildman–Crippen MR) is 119 cm³/mol. The van der Waals surface area contributed by atoms with Crippen LogP contribution in [-0.4, -0.2) is 14.7 Å². The minimum Gasteiger partial charge on any atom is -0.351 e. The molecule has 1 aromatic carbocycles. The number of pyridine rings is 1. The van der Waals surface area contributed by atoms with Crippen molar-refractivity contribution in [1.82, 2.24) is 14.9 Å². The third-order valence-electron chi connectivity index (χ3n) is 5.45. The summed E-state index contributed by atoms with van der Waals surface area (Å²) in [6.45, 7) is 7.46. The van der Waals surface area contributed by atoms with E-state index >= 15 is 0 Å². The van der Waals surface area contributed by atoms with Crippen LogP contribution in [0.3, 0.4) is 0 Å². The highest BCUT2D eigenvalue weighted by Gasteiger charge is 2.42. The summed E-state index contributed by atoms with van der Waals surface area (Å²) in [5, 5.41) is 4.92. The molecule has 0 aliphatic carbocycles. The molecule has 1 aliphatic heterocycles. The van der Waals surface area contributed by atoms with Crippen LogP contribution in [-0.2, 0) is 6.54 Å². The van der Waals surface area contributed by atoms with E-state index in [4.69, 9.17) is 23.8 Å². The van der Waals surface area contributed by atoms with Gasteiger partial charge in [-0.1, -0.05) is 17.7 Å². The summed E-state index contributed by atoms with van der Waals surface area (Å²) in [5.74, 6) is 0. The SMILES string of the molecule is CCn1c(C)cc([C@H]2[C@@H](c3ccccn3)NC(=S)N2c2ccc(Cl)cc2)c1C. The van der Waals surface area contributed by atoms with E-state index in [-0.39, 0.29) is 12.1 Å². The molecule has 0 bridgehead atoms. The second-order valence-electron chi connectivity index (χ2n) is 7.04. The van der Waals surface area contributed by atoms with Crippen molar-refractivity contribution in [1.29, 1.82) is 0 Å². The molecule has 144 valence electrons. The highest BCUT2D eigenvalue weighted by molar-refractivity contribution is 7.80. The maximum absolute atomic E-state index is 6.12. The Balaban J connectivity index is 1.88. The first kappa shape index (κ1) is 19.0. The number of nitrogens with one attached hydrogen (secondary N) is 1. The largest absolute Gasteiger partial charge is 0.351 e. The fourth-order valence-electron chi connectivity index (χ4n) is 4.16. The zero-order valence-corrected chi connectivity index (χ0v) is 17.8. The van der Waals surface area contributed by atoms with Gasteiger partial charge in [0.05, 0.1) is 17.8 Å². The Morgan fingerprint density at radius 2 is 1.89 bits per heavy atom. The Bertz CT molecular complexity index is 997. The summed E-state index contributed by atoms with van der Waals surface area (Å²) in [6, 6.07) is 16.1. The van der Waals surface area contributed by atoms with E-state index in [9.17, 15) is 0 Å². The average Bonchev–Trinajstić information content (AvgIpc) is 3.18. The third-order valence-corrected chi connectivity index (χ3v) is 6.02. The van der Waals surface area contributed by atoms with E-state index in [1.165, 1.54) is 17.0 Å². The van der Waals surface area contributed by atoms with Gasteiger partial charge in [0, 0.05) is 34.8 Å². The highest BCUT2D eigenvalue weighted by Crippen LogP contribution is 2.43. The first-order chi connectivity index (χ1) is 13.5. The van der Waals surface area contributed by atoms with Gasteiger partial charge in [-0.15, -0.1) is 0 Å². The molecule has 1 N–H and O–H groups in total. The Labute approximate surface area is 176 Å². The number of nitrogens with zero attached hydrogens (tertiary/aromatic N) is 3. The summed E-state index contributed by atoms with van der Waals surface area (Å²) in [6.07, 6.45) is 1.83. The molecular weight excluding hydrogens is 388 g/mol. The molecule has 0 saturated carbocycles. The molecule has 3 aromatic rings. The summed E-state index contributed by atoms with van der Waals surface area (Å²) >= 11 is 11.9. The van der Waals surface area contributed by atoms with Crippen molar-refractivity contribution in [2.75, 3.05) is 4.90 Å². The lowest BCUT2D eigenvalue weighted by Crippen LogP contribution is -2.29. The van der Waals surface area contributed by atoms with E-state index in [0.29, 0.717) is 10.1 Å². The molecule has 1 fully saturated rings. The Hall–Kier alpha value is -2.37. The highest BCUT2D eigenvalue weighted by atomic mass is 35.5. The van der Waals surface area contributed by atoms with Gasteiger partial charge in [0.1, 0.15) is 0 Å². The van der Waals surface area contributed by atoms with Gasteiger partial charge in [-0.25, -0.2) is 0 Å². The van der Waals surface area contributed by atoms with E-state index < -0.39 is 0 Å². The quantitative estimate of drug-likeness (QED) is 0.587. The topological polar surface area (TPSA) is 33.1 Å². The number of halogens is 1. The molecular formula is C22H23ClN4S. The molecule has 1 aliphatic rings. The lowest BCUT2D eigenvalue weighted by molar-refractivity contribution is 0.563. The Morgan fingerprint density at radius 3 is 2.50 bits per heavy atom. The minimum atomic E-state index is -0.0322. The number of hydrogen-bond acceptors (Lipinski definition) is 2. The molecule has 0 amide bonds. The number of thiocarbonyl (C=S) groups is 1. The average molecular weight is 411 g/mol. The summed E-state index contributed by atoms with van der Waals surface area (Å²) in [7, 11) is 0. The number of aromatic nitrogens is 2. The van der Waals surface area contributed by atoms with E-state index in [1.807, 2.05) is 42.6 Å². The summed E-state index contributed by atoms with van der Waals surface area (Å²) in [5.41, 5.74) is 5.77. The number of anilines is 1. The first-order valence-electron chi connectivity index (χ1n) is 9.44. The normalized spacial score (nSPS) is 19.1. The van der Waals surface area contributed by atoms with Crippen LogP contribution in [0.5, 0.6) is 0 Å². The van der Waals surface area contributed by atoms with Crippen molar-refractivity contribution in [3.63, 3.8) is 0 Å².